The van der Waals surface area contributed by atoms with E-state index in [2.05, 4.69) is 38.2 Å². The molecular weight excluding hydrogens is 244 g/mol. The third kappa shape index (κ3) is 7.54. The molecule has 1 aromatic carbocycles. The highest BCUT2D eigenvalue weighted by atomic mass is 14.9. The van der Waals surface area contributed by atoms with E-state index in [0.717, 1.165) is 25.2 Å². The molecule has 0 saturated heterocycles. The summed E-state index contributed by atoms with van der Waals surface area (Å²) in [6.07, 6.45) is 7.67. The number of anilines is 1. The Hall–Kier alpha value is -1.02. The van der Waals surface area contributed by atoms with Gasteiger partial charge < -0.3 is 11.1 Å². The maximum atomic E-state index is 5.69. The summed E-state index contributed by atoms with van der Waals surface area (Å²) >= 11 is 0. The fraction of sp³-hybridized carbons (Fsp3) is 0.667. The molecule has 0 saturated carbocycles. The van der Waals surface area contributed by atoms with Gasteiger partial charge in [0.15, 0.2) is 0 Å². The van der Waals surface area contributed by atoms with Crippen LogP contribution in [0.1, 0.15) is 58.4 Å². The van der Waals surface area contributed by atoms with Gasteiger partial charge in [0.2, 0.25) is 0 Å². The molecule has 1 rings (SSSR count). The third-order valence-electron chi connectivity index (χ3n) is 3.86. The van der Waals surface area contributed by atoms with Crippen molar-refractivity contribution in [2.24, 2.45) is 5.41 Å². The van der Waals surface area contributed by atoms with Gasteiger partial charge in [-0.1, -0.05) is 52.2 Å². The highest BCUT2D eigenvalue weighted by molar-refractivity contribution is 5.39. The summed E-state index contributed by atoms with van der Waals surface area (Å²) in [6, 6.07) is 8.23. The zero-order valence-electron chi connectivity index (χ0n) is 13.5. The van der Waals surface area contributed by atoms with Crippen molar-refractivity contribution < 1.29 is 0 Å². The number of benzene rings is 1. The van der Waals surface area contributed by atoms with E-state index in [1.165, 1.54) is 37.7 Å². The molecular formula is C18H32N2. The van der Waals surface area contributed by atoms with Gasteiger partial charge >= 0.3 is 0 Å². The number of nitrogen functional groups attached to an aromatic ring is 1. The molecule has 0 bridgehead atoms. The van der Waals surface area contributed by atoms with Gasteiger partial charge in [-0.05, 0) is 48.9 Å². The smallest absolute Gasteiger partial charge is 0.0314 e. The molecule has 0 aliphatic heterocycles. The molecule has 114 valence electrons. The van der Waals surface area contributed by atoms with Crippen molar-refractivity contribution in [3.05, 3.63) is 29.8 Å². The second-order valence-corrected chi connectivity index (χ2v) is 6.64. The molecule has 1 aromatic rings. The van der Waals surface area contributed by atoms with Crippen LogP contribution in [0, 0.1) is 5.41 Å². The van der Waals surface area contributed by atoms with Crippen LogP contribution in [-0.4, -0.2) is 13.1 Å². The van der Waals surface area contributed by atoms with Crippen molar-refractivity contribution in [1.82, 2.24) is 5.32 Å². The summed E-state index contributed by atoms with van der Waals surface area (Å²) < 4.78 is 0. The molecule has 0 unspecified atom stereocenters. The zero-order chi connectivity index (χ0) is 14.8. The number of unbranched alkanes of at least 4 members (excludes halogenated alkanes) is 2. The lowest BCUT2D eigenvalue weighted by atomic mass is 9.87. The van der Waals surface area contributed by atoms with Gasteiger partial charge in [-0.25, -0.2) is 0 Å². The van der Waals surface area contributed by atoms with Crippen LogP contribution in [0.5, 0.6) is 0 Å². The quantitative estimate of drug-likeness (QED) is 0.491. The van der Waals surface area contributed by atoms with Gasteiger partial charge in [0, 0.05) is 12.2 Å². The molecule has 0 aromatic heterocycles. The van der Waals surface area contributed by atoms with E-state index in [1.54, 1.807) is 0 Å². The molecule has 0 fully saturated rings. The largest absolute Gasteiger partial charge is 0.399 e. The standard InChI is InChI=1S/C18H32N2/c1-4-5-6-13-18(2,3)15-20-14-7-8-16-9-11-17(19)12-10-16/h9-12,20H,4-8,13-15,19H2,1-3H3. The first-order valence-corrected chi connectivity index (χ1v) is 8.08. The maximum absolute atomic E-state index is 5.69. The Balaban J connectivity index is 2.10. The topological polar surface area (TPSA) is 38.0 Å². The van der Waals surface area contributed by atoms with Crippen LogP contribution in [0.15, 0.2) is 24.3 Å². The predicted octanol–water partition coefficient (Wildman–Crippen LogP) is 4.40. The number of nitrogens with one attached hydrogen (secondary N) is 1. The third-order valence-corrected chi connectivity index (χ3v) is 3.86. The van der Waals surface area contributed by atoms with Crippen molar-refractivity contribution in [2.45, 2.75) is 59.3 Å². The zero-order valence-corrected chi connectivity index (χ0v) is 13.5. The average Bonchev–Trinajstić information content (AvgIpc) is 2.40. The van der Waals surface area contributed by atoms with Crippen LogP contribution in [0.4, 0.5) is 5.69 Å². The highest BCUT2D eigenvalue weighted by Crippen LogP contribution is 2.22. The van der Waals surface area contributed by atoms with Crippen LogP contribution in [0.2, 0.25) is 0 Å². The van der Waals surface area contributed by atoms with Gasteiger partial charge in [-0.2, -0.15) is 0 Å². The van der Waals surface area contributed by atoms with E-state index in [4.69, 9.17) is 5.73 Å². The fourth-order valence-corrected chi connectivity index (χ4v) is 2.47. The summed E-state index contributed by atoms with van der Waals surface area (Å²) in [4.78, 5) is 0. The first-order chi connectivity index (χ1) is 9.53. The van der Waals surface area contributed by atoms with E-state index in [-0.39, 0.29) is 0 Å². The Morgan fingerprint density at radius 3 is 2.40 bits per heavy atom. The Kier molecular flexibility index (Phi) is 7.68. The molecule has 2 heteroatoms. The molecule has 0 aliphatic carbocycles. The molecule has 0 amide bonds. The average molecular weight is 276 g/mol. The molecule has 20 heavy (non-hydrogen) atoms. The van der Waals surface area contributed by atoms with Crippen LogP contribution in [0.3, 0.4) is 0 Å². The Morgan fingerprint density at radius 1 is 1.05 bits per heavy atom. The van der Waals surface area contributed by atoms with Gasteiger partial charge in [-0.3, -0.25) is 0 Å². The summed E-state index contributed by atoms with van der Waals surface area (Å²) in [5.41, 5.74) is 8.34. The number of aryl methyl sites for hydroxylation is 1. The van der Waals surface area contributed by atoms with E-state index in [9.17, 15) is 0 Å². The Morgan fingerprint density at radius 2 is 1.75 bits per heavy atom. The minimum absolute atomic E-state index is 0.427. The SMILES string of the molecule is CCCCCC(C)(C)CNCCCc1ccc(N)cc1. The summed E-state index contributed by atoms with van der Waals surface area (Å²) in [5, 5.41) is 3.61. The van der Waals surface area contributed by atoms with Crippen molar-refractivity contribution >= 4 is 5.69 Å². The second kappa shape index (κ2) is 9.02. The first kappa shape index (κ1) is 17.0. The van der Waals surface area contributed by atoms with E-state index >= 15 is 0 Å². The lowest BCUT2D eigenvalue weighted by Crippen LogP contribution is -2.30. The van der Waals surface area contributed by atoms with Crippen LogP contribution in [0.25, 0.3) is 0 Å². The van der Waals surface area contributed by atoms with Crippen LogP contribution >= 0.6 is 0 Å². The normalized spacial score (nSPS) is 11.8. The van der Waals surface area contributed by atoms with E-state index < -0.39 is 0 Å². The van der Waals surface area contributed by atoms with Gasteiger partial charge in [-0.15, -0.1) is 0 Å². The van der Waals surface area contributed by atoms with Crippen LogP contribution in [-0.2, 0) is 6.42 Å². The summed E-state index contributed by atoms with van der Waals surface area (Å²) in [5.74, 6) is 0. The van der Waals surface area contributed by atoms with Crippen LogP contribution < -0.4 is 11.1 Å². The Bertz CT molecular complexity index is 354. The minimum atomic E-state index is 0.427. The first-order valence-electron chi connectivity index (χ1n) is 8.08. The van der Waals surface area contributed by atoms with Gasteiger partial charge in [0.25, 0.3) is 0 Å². The summed E-state index contributed by atoms with van der Waals surface area (Å²) in [6.45, 7) is 9.23. The molecule has 0 aliphatic rings. The number of hydrogen-bond acceptors (Lipinski definition) is 2. The maximum Gasteiger partial charge on any atom is 0.0314 e. The van der Waals surface area contributed by atoms with Crippen molar-refractivity contribution in [3.8, 4) is 0 Å². The minimum Gasteiger partial charge on any atom is -0.399 e. The van der Waals surface area contributed by atoms with Crippen molar-refractivity contribution in [3.63, 3.8) is 0 Å². The molecule has 0 spiro atoms. The fourth-order valence-electron chi connectivity index (χ4n) is 2.47. The van der Waals surface area contributed by atoms with E-state index in [0.29, 0.717) is 5.41 Å². The van der Waals surface area contributed by atoms with Gasteiger partial charge in [0.05, 0.1) is 0 Å². The lowest BCUT2D eigenvalue weighted by molar-refractivity contribution is 0.302. The molecule has 0 heterocycles. The molecule has 2 nitrogen and oxygen atoms in total. The molecule has 0 atom stereocenters. The summed E-state index contributed by atoms with van der Waals surface area (Å²) in [7, 11) is 0. The lowest BCUT2D eigenvalue weighted by Gasteiger charge is -2.25. The van der Waals surface area contributed by atoms with Crippen molar-refractivity contribution in [1.29, 1.82) is 0 Å². The second-order valence-electron chi connectivity index (χ2n) is 6.64. The van der Waals surface area contributed by atoms with Crippen molar-refractivity contribution in [2.75, 3.05) is 18.8 Å². The molecule has 3 N–H and O–H groups in total. The number of hydrogen-bond donors (Lipinski definition) is 2. The highest BCUT2D eigenvalue weighted by Gasteiger charge is 2.16. The predicted molar refractivity (Wildman–Crippen MR) is 90.0 cm³/mol. The van der Waals surface area contributed by atoms with E-state index in [1.807, 2.05) is 12.1 Å². The van der Waals surface area contributed by atoms with Gasteiger partial charge in [0.1, 0.15) is 0 Å². The number of nitrogens with two attached hydrogens (primary N) is 1. The Labute approximate surface area is 125 Å². The monoisotopic (exact) mass is 276 g/mol. The molecule has 0 radical (unpaired) electrons. The number of rotatable bonds is 10.